The van der Waals surface area contributed by atoms with Gasteiger partial charge < -0.3 is 15.0 Å². The lowest BCUT2D eigenvalue weighted by atomic mass is 10.1. The zero-order chi connectivity index (χ0) is 26.3. The summed E-state index contributed by atoms with van der Waals surface area (Å²) in [4.78, 5) is 27.8. The van der Waals surface area contributed by atoms with Crippen LogP contribution in [0.4, 0.5) is 5.69 Å². The van der Waals surface area contributed by atoms with Gasteiger partial charge in [0.25, 0.3) is 0 Å². The summed E-state index contributed by atoms with van der Waals surface area (Å²) in [5.41, 5.74) is 0.835. The Hall–Kier alpha value is -2.49. The zero-order valence-corrected chi connectivity index (χ0v) is 22.7. The van der Waals surface area contributed by atoms with Crippen molar-refractivity contribution < 1.29 is 22.7 Å². The molecule has 0 aromatic heterocycles. The average molecular weight is 545 g/mol. The van der Waals surface area contributed by atoms with Gasteiger partial charge in [-0.3, -0.25) is 13.9 Å². The molecule has 0 saturated carbocycles. The van der Waals surface area contributed by atoms with Crippen molar-refractivity contribution in [3.63, 3.8) is 0 Å². The maximum atomic E-state index is 13.6. The second kappa shape index (κ2) is 12.5. The molecule has 0 aliphatic heterocycles. The first kappa shape index (κ1) is 28.7. The summed E-state index contributed by atoms with van der Waals surface area (Å²) >= 11 is 12.3. The van der Waals surface area contributed by atoms with Gasteiger partial charge in [0.05, 0.1) is 19.1 Å². The van der Waals surface area contributed by atoms with E-state index in [-0.39, 0.29) is 24.2 Å². The van der Waals surface area contributed by atoms with E-state index in [1.807, 2.05) is 13.8 Å². The van der Waals surface area contributed by atoms with E-state index in [9.17, 15) is 18.0 Å². The molecule has 2 aromatic carbocycles. The van der Waals surface area contributed by atoms with Crippen LogP contribution in [-0.2, 0) is 26.2 Å². The van der Waals surface area contributed by atoms with Crippen molar-refractivity contribution >= 4 is 50.7 Å². The Morgan fingerprint density at radius 3 is 2.37 bits per heavy atom. The summed E-state index contributed by atoms with van der Waals surface area (Å²) in [5.74, 6) is -0.490. The molecule has 2 amide bonds. The molecule has 35 heavy (non-hydrogen) atoms. The number of sulfonamides is 1. The molecule has 0 bridgehead atoms. The number of rotatable bonds is 11. The van der Waals surface area contributed by atoms with Crippen LogP contribution in [0.3, 0.4) is 0 Å². The predicted octanol–water partition coefficient (Wildman–Crippen LogP) is 4.10. The quantitative estimate of drug-likeness (QED) is 0.460. The average Bonchev–Trinajstić information content (AvgIpc) is 2.80. The van der Waals surface area contributed by atoms with Gasteiger partial charge in [-0.05, 0) is 50.1 Å². The molecule has 11 heteroatoms. The van der Waals surface area contributed by atoms with Crippen molar-refractivity contribution in [3.8, 4) is 5.75 Å². The van der Waals surface area contributed by atoms with Crippen LogP contribution in [0.1, 0.15) is 32.8 Å². The Kier molecular flexibility index (Phi) is 10.2. The number of hydrogen-bond donors (Lipinski definition) is 1. The van der Waals surface area contributed by atoms with Crippen LogP contribution >= 0.6 is 23.2 Å². The van der Waals surface area contributed by atoms with Gasteiger partial charge in [-0.25, -0.2) is 8.42 Å². The number of halogens is 2. The van der Waals surface area contributed by atoms with Gasteiger partial charge in [-0.15, -0.1) is 0 Å². The van der Waals surface area contributed by atoms with Crippen LogP contribution in [0.2, 0.25) is 10.0 Å². The van der Waals surface area contributed by atoms with E-state index in [0.717, 1.165) is 10.6 Å². The number of methoxy groups -OCH3 is 1. The molecule has 0 fully saturated rings. The molecule has 0 aliphatic carbocycles. The van der Waals surface area contributed by atoms with Crippen LogP contribution in [0, 0.1) is 0 Å². The first-order chi connectivity index (χ1) is 16.4. The Balaban J connectivity index is 2.43. The lowest BCUT2D eigenvalue weighted by Gasteiger charge is -2.32. The van der Waals surface area contributed by atoms with Gasteiger partial charge in [0.15, 0.2) is 0 Å². The third kappa shape index (κ3) is 8.02. The van der Waals surface area contributed by atoms with Crippen molar-refractivity contribution in [1.82, 2.24) is 10.2 Å². The minimum atomic E-state index is -3.84. The Morgan fingerprint density at radius 2 is 1.80 bits per heavy atom. The number of carbonyl (C=O) groups is 2. The first-order valence-corrected chi connectivity index (χ1v) is 13.6. The normalized spacial score (nSPS) is 13.0. The Bertz CT molecular complexity index is 1160. The molecule has 2 unspecified atom stereocenters. The molecule has 0 aliphatic rings. The highest BCUT2D eigenvalue weighted by atomic mass is 35.5. The number of amides is 2. The Morgan fingerprint density at radius 1 is 1.11 bits per heavy atom. The molecule has 8 nitrogen and oxygen atoms in total. The van der Waals surface area contributed by atoms with Crippen molar-refractivity contribution in [2.75, 3.05) is 24.2 Å². The van der Waals surface area contributed by atoms with Gasteiger partial charge in [-0.1, -0.05) is 42.3 Å². The Labute approximate surface area is 217 Å². The van der Waals surface area contributed by atoms with Crippen molar-refractivity contribution in [2.24, 2.45) is 0 Å². The fourth-order valence-electron chi connectivity index (χ4n) is 3.26. The third-order valence-electron chi connectivity index (χ3n) is 5.54. The van der Waals surface area contributed by atoms with Crippen LogP contribution in [0.15, 0.2) is 42.5 Å². The summed E-state index contributed by atoms with van der Waals surface area (Å²) in [6, 6.07) is 10.2. The number of nitrogens with one attached hydrogen (secondary N) is 1. The predicted molar refractivity (Wildman–Crippen MR) is 140 cm³/mol. The zero-order valence-electron chi connectivity index (χ0n) is 20.4. The lowest BCUT2D eigenvalue weighted by molar-refractivity contribution is -0.139. The van der Waals surface area contributed by atoms with E-state index >= 15 is 0 Å². The summed E-state index contributed by atoms with van der Waals surface area (Å²) in [7, 11) is -2.38. The van der Waals surface area contributed by atoms with E-state index < -0.39 is 28.5 Å². The molecule has 192 valence electrons. The maximum absolute atomic E-state index is 13.6. The number of carbonyl (C=O) groups excluding carboxylic acids is 2. The largest absolute Gasteiger partial charge is 0.497 e. The summed E-state index contributed by atoms with van der Waals surface area (Å²) in [6.45, 7) is 4.86. The highest BCUT2D eigenvalue weighted by Crippen LogP contribution is 2.25. The second-order valence-corrected chi connectivity index (χ2v) is 11.0. The first-order valence-electron chi connectivity index (χ1n) is 11.0. The van der Waals surface area contributed by atoms with Gasteiger partial charge in [0, 0.05) is 28.7 Å². The summed E-state index contributed by atoms with van der Waals surface area (Å²) < 4.78 is 31.4. The molecule has 0 heterocycles. The van der Waals surface area contributed by atoms with Gasteiger partial charge >= 0.3 is 0 Å². The second-order valence-electron chi connectivity index (χ2n) is 8.22. The molecular formula is C24H31Cl2N3O5S. The highest BCUT2D eigenvalue weighted by molar-refractivity contribution is 7.92. The lowest BCUT2D eigenvalue weighted by Crippen LogP contribution is -2.52. The van der Waals surface area contributed by atoms with E-state index in [2.05, 4.69) is 5.32 Å². The molecule has 0 radical (unpaired) electrons. The summed E-state index contributed by atoms with van der Waals surface area (Å²) in [5, 5.41) is 3.63. The molecule has 2 atom stereocenters. The number of benzene rings is 2. The number of nitrogens with zero attached hydrogens (tertiary/aromatic N) is 2. The molecular weight excluding hydrogens is 513 g/mol. The molecule has 2 rings (SSSR count). The standard InChI is InChI=1S/C24H31Cl2N3O5S/c1-6-16(2)27-24(31)17(3)28(14-18-10-11-19(25)12-22(18)26)23(30)15-29(35(5,32)33)20-8-7-9-21(13-20)34-4/h7-13,16-17H,6,14-15H2,1-5H3,(H,27,31). The molecule has 0 saturated heterocycles. The van der Waals surface area contributed by atoms with Crippen molar-refractivity contribution in [2.45, 2.75) is 45.8 Å². The fraction of sp³-hybridized carbons (Fsp3) is 0.417. The van der Waals surface area contributed by atoms with Crippen molar-refractivity contribution in [3.05, 3.63) is 58.1 Å². The summed E-state index contributed by atoms with van der Waals surface area (Å²) in [6.07, 6.45) is 1.73. The number of anilines is 1. The van der Waals surface area contributed by atoms with Crippen molar-refractivity contribution in [1.29, 1.82) is 0 Å². The van der Waals surface area contributed by atoms with Crippen LogP contribution in [-0.4, -0.2) is 57.1 Å². The topological polar surface area (TPSA) is 96.0 Å². The van der Waals surface area contributed by atoms with Crippen LogP contribution in [0.5, 0.6) is 5.75 Å². The maximum Gasteiger partial charge on any atom is 0.244 e. The van der Waals surface area contributed by atoms with E-state index in [1.165, 1.54) is 18.1 Å². The number of ether oxygens (including phenoxy) is 1. The van der Waals surface area contributed by atoms with E-state index in [4.69, 9.17) is 27.9 Å². The smallest absolute Gasteiger partial charge is 0.244 e. The van der Waals surface area contributed by atoms with Crippen LogP contribution in [0.25, 0.3) is 0 Å². The SMILES string of the molecule is CCC(C)NC(=O)C(C)N(Cc1ccc(Cl)cc1Cl)C(=O)CN(c1cccc(OC)c1)S(C)(=O)=O. The monoisotopic (exact) mass is 543 g/mol. The molecule has 1 N–H and O–H groups in total. The van der Waals surface area contributed by atoms with Gasteiger partial charge in [-0.2, -0.15) is 0 Å². The minimum Gasteiger partial charge on any atom is -0.497 e. The molecule has 0 spiro atoms. The van der Waals surface area contributed by atoms with Gasteiger partial charge in [0.2, 0.25) is 21.8 Å². The van der Waals surface area contributed by atoms with Gasteiger partial charge in [0.1, 0.15) is 18.3 Å². The highest BCUT2D eigenvalue weighted by Gasteiger charge is 2.31. The third-order valence-corrected chi connectivity index (χ3v) is 7.27. The minimum absolute atomic E-state index is 0.0142. The fourth-order valence-corrected chi connectivity index (χ4v) is 4.57. The van der Waals surface area contributed by atoms with Crippen LogP contribution < -0.4 is 14.4 Å². The number of hydrogen-bond acceptors (Lipinski definition) is 5. The van der Waals surface area contributed by atoms with E-state index in [1.54, 1.807) is 43.3 Å². The van der Waals surface area contributed by atoms with E-state index in [0.29, 0.717) is 27.8 Å². The molecule has 2 aromatic rings.